The summed E-state index contributed by atoms with van der Waals surface area (Å²) in [6, 6.07) is 20.2. The van der Waals surface area contributed by atoms with Gasteiger partial charge in [0.15, 0.2) is 0 Å². The summed E-state index contributed by atoms with van der Waals surface area (Å²) in [6.07, 6.45) is 1.39. The van der Waals surface area contributed by atoms with Crippen LogP contribution in [0.5, 0.6) is 5.75 Å². The Morgan fingerprint density at radius 1 is 1.00 bits per heavy atom. The van der Waals surface area contributed by atoms with Crippen LogP contribution in [0.2, 0.25) is 0 Å². The van der Waals surface area contributed by atoms with E-state index in [0.29, 0.717) is 32.5 Å². The predicted molar refractivity (Wildman–Crippen MR) is 128 cm³/mol. The summed E-state index contributed by atoms with van der Waals surface area (Å²) in [5, 5.41) is 2.80. The number of aryl methyl sites for hydroxylation is 3. The molecule has 0 saturated carbocycles. The largest absolute Gasteiger partial charge is 0.491 e. The number of amides is 1. The highest BCUT2D eigenvalue weighted by Crippen LogP contribution is 2.23. The highest BCUT2D eigenvalue weighted by Gasteiger charge is 2.13. The highest BCUT2D eigenvalue weighted by atomic mass is 19.1. The van der Waals surface area contributed by atoms with E-state index >= 15 is 0 Å². The topological polar surface area (TPSA) is 56.1 Å². The molecule has 5 nitrogen and oxygen atoms in total. The zero-order valence-electron chi connectivity index (χ0n) is 19.0. The Balaban J connectivity index is 1.40. The van der Waals surface area contributed by atoms with Crippen LogP contribution in [0.25, 0.3) is 11.0 Å². The summed E-state index contributed by atoms with van der Waals surface area (Å²) in [6.45, 7) is 5.75. The Bertz CT molecular complexity index is 1250. The van der Waals surface area contributed by atoms with Crippen molar-refractivity contribution in [1.82, 2.24) is 14.9 Å². The minimum atomic E-state index is -0.513. The van der Waals surface area contributed by atoms with Crippen LogP contribution in [0.1, 0.15) is 33.7 Å². The number of para-hydroxylation sites is 3. The van der Waals surface area contributed by atoms with Crippen LogP contribution in [0, 0.1) is 19.7 Å². The van der Waals surface area contributed by atoms with Gasteiger partial charge in [-0.1, -0.05) is 42.5 Å². The molecule has 6 heteroatoms. The van der Waals surface area contributed by atoms with Crippen LogP contribution in [0.4, 0.5) is 4.39 Å². The maximum Gasteiger partial charge on any atom is 0.254 e. The number of fused-ring (bicyclic) bond motifs is 1. The van der Waals surface area contributed by atoms with Gasteiger partial charge in [0.25, 0.3) is 5.91 Å². The molecule has 1 heterocycles. The Morgan fingerprint density at radius 3 is 2.52 bits per heavy atom. The minimum Gasteiger partial charge on any atom is -0.491 e. The van der Waals surface area contributed by atoms with Crippen molar-refractivity contribution in [3.8, 4) is 5.75 Å². The lowest BCUT2D eigenvalue weighted by atomic mass is 10.1. The molecule has 4 aromatic rings. The molecular formula is C27H28FN3O2. The van der Waals surface area contributed by atoms with Gasteiger partial charge in [0.2, 0.25) is 0 Å². The van der Waals surface area contributed by atoms with E-state index in [4.69, 9.17) is 9.72 Å². The molecule has 0 unspecified atom stereocenters. The molecule has 0 fully saturated rings. The molecule has 1 N–H and O–H groups in total. The number of nitrogens with zero attached hydrogens (tertiary/aromatic N) is 2. The molecule has 4 rings (SSSR count). The fraction of sp³-hybridized carbons (Fsp3) is 0.259. The van der Waals surface area contributed by atoms with E-state index < -0.39 is 11.7 Å². The summed E-state index contributed by atoms with van der Waals surface area (Å²) >= 11 is 0. The number of hydrogen-bond donors (Lipinski definition) is 1. The maximum absolute atomic E-state index is 13.8. The standard InChI is InChI=1S/C27H28FN3O2/c1-19-9-7-10-20(2)26(19)33-18-17-31-24-14-6-5-13-23(24)30-25(31)15-8-16-29-27(32)21-11-3-4-12-22(21)28/h3-7,9-14H,8,15-18H2,1-2H3,(H,29,32). The molecule has 3 aromatic carbocycles. The predicted octanol–water partition coefficient (Wildman–Crippen LogP) is 5.23. The zero-order valence-corrected chi connectivity index (χ0v) is 19.0. The normalized spacial score (nSPS) is 11.0. The van der Waals surface area contributed by atoms with Crippen LogP contribution in [-0.2, 0) is 13.0 Å². The summed E-state index contributed by atoms with van der Waals surface area (Å²) in [4.78, 5) is 17.0. The van der Waals surface area contributed by atoms with Crippen molar-refractivity contribution in [3.63, 3.8) is 0 Å². The Kier molecular flexibility index (Phi) is 7.03. The van der Waals surface area contributed by atoms with Crippen LogP contribution >= 0.6 is 0 Å². The maximum atomic E-state index is 13.8. The summed E-state index contributed by atoms with van der Waals surface area (Å²) in [7, 11) is 0. The van der Waals surface area contributed by atoms with Crippen molar-refractivity contribution in [1.29, 1.82) is 0 Å². The number of benzene rings is 3. The Hall–Kier alpha value is -3.67. The van der Waals surface area contributed by atoms with E-state index in [-0.39, 0.29) is 5.56 Å². The first kappa shape index (κ1) is 22.5. The van der Waals surface area contributed by atoms with E-state index in [1.165, 1.54) is 12.1 Å². The van der Waals surface area contributed by atoms with Crippen molar-refractivity contribution in [2.45, 2.75) is 33.2 Å². The quantitative estimate of drug-likeness (QED) is 0.359. The smallest absolute Gasteiger partial charge is 0.254 e. The van der Waals surface area contributed by atoms with Gasteiger partial charge >= 0.3 is 0 Å². The molecule has 0 spiro atoms. The first-order chi connectivity index (χ1) is 16.0. The molecule has 0 bridgehead atoms. The number of ether oxygens (including phenoxy) is 1. The average molecular weight is 446 g/mol. The molecule has 0 aliphatic heterocycles. The second kappa shape index (κ2) is 10.3. The molecule has 1 amide bonds. The molecule has 0 aliphatic carbocycles. The Labute approximate surface area is 193 Å². The monoisotopic (exact) mass is 445 g/mol. The van der Waals surface area contributed by atoms with Gasteiger partial charge in [-0.25, -0.2) is 9.37 Å². The number of halogens is 1. The van der Waals surface area contributed by atoms with Gasteiger partial charge in [-0.15, -0.1) is 0 Å². The number of nitrogens with one attached hydrogen (secondary N) is 1. The molecule has 0 aliphatic rings. The average Bonchev–Trinajstić information content (AvgIpc) is 3.16. The van der Waals surface area contributed by atoms with E-state index in [0.717, 1.165) is 33.7 Å². The van der Waals surface area contributed by atoms with Crippen molar-refractivity contribution < 1.29 is 13.9 Å². The van der Waals surface area contributed by atoms with Gasteiger partial charge in [0.1, 0.15) is 24.0 Å². The number of rotatable bonds is 9. The van der Waals surface area contributed by atoms with E-state index in [1.54, 1.807) is 12.1 Å². The molecule has 1 aromatic heterocycles. The van der Waals surface area contributed by atoms with Crippen molar-refractivity contribution in [2.75, 3.05) is 13.2 Å². The van der Waals surface area contributed by atoms with E-state index in [2.05, 4.69) is 41.9 Å². The fourth-order valence-corrected chi connectivity index (χ4v) is 4.02. The molecule has 0 radical (unpaired) electrons. The zero-order chi connectivity index (χ0) is 23.2. The lowest BCUT2D eigenvalue weighted by Crippen LogP contribution is -2.26. The SMILES string of the molecule is Cc1cccc(C)c1OCCn1c(CCCNC(=O)c2ccccc2F)nc2ccccc21. The summed E-state index contributed by atoms with van der Waals surface area (Å²) < 4.78 is 22.1. The third-order valence-electron chi connectivity index (χ3n) is 5.68. The molecule has 170 valence electrons. The van der Waals surface area contributed by atoms with Gasteiger partial charge in [0, 0.05) is 13.0 Å². The van der Waals surface area contributed by atoms with E-state index in [9.17, 15) is 9.18 Å². The van der Waals surface area contributed by atoms with Crippen LogP contribution in [-0.4, -0.2) is 28.6 Å². The lowest BCUT2D eigenvalue weighted by Gasteiger charge is -2.14. The number of carbonyl (C=O) groups is 1. The first-order valence-electron chi connectivity index (χ1n) is 11.2. The van der Waals surface area contributed by atoms with Crippen LogP contribution in [0.3, 0.4) is 0 Å². The number of carbonyl (C=O) groups excluding carboxylic acids is 1. The van der Waals surface area contributed by atoms with Gasteiger partial charge in [0.05, 0.1) is 23.1 Å². The number of imidazole rings is 1. The molecule has 0 atom stereocenters. The number of hydrogen-bond acceptors (Lipinski definition) is 3. The van der Waals surface area contributed by atoms with Crippen molar-refractivity contribution in [2.24, 2.45) is 0 Å². The highest BCUT2D eigenvalue weighted by molar-refractivity contribution is 5.94. The Morgan fingerprint density at radius 2 is 1.73 bits per heavy atom. The molecule has 33 heavy (non-hydrogen) atoms. The van der Waals surface area contributed by atoms with Gasteiger partial charge in [-0.05, 0) is 55.7 Å². The molecular weight excluding hydrogens is 417 g/mol. The van der Waals surface area contributed by atoms with Gasteiger partial charge in [-0.2, -0.15) is 0 Å². The third kappa shape index (κ3) is 5.22. The van der Waals surface area contributed by atoms with Crippen molar-refractivity contribution in [3.05, 3.63) is 95.1 Å². The van der Waals surface area contributed by atoms with Crippen LogP contribution in [0.15, 0.2) is 66.7 Å². The lowest BCUT2D eigenvalue weighted by molar-refractivity contribution is 0.0949. The minimum absolute atomic E-state index is 0.0633. The summed E-state index contributed by atoms with van der Waals surface area (Å²) in [5.74, 6) is 0.963. The van der Waals surface area contributed by atoms with Crippen molar-refractivity contribution >= 4 is 16.9 Å². The summed E-state index contributed by atoms with van der Waals surface area (Å²) in [5.41, 5.74) is 4.31. The number of aromatic nitrogens is 2. The molecule has 0 saturated heterocycles. The second-order valence-electron chi connectivity index (χ2n) is 8.08. The first-order valence-corrected chi connectivity index (χ1v) is 11.2. The second-order valence-corrected chi connectivity index (χ2v) is 8.08. The fourth-order valence-electron chi connectivity index (χ4n) is 4.02. The van der Waals surface area contributed by atoms with Crippen LogP contribution < -0.4 is 10.1 Å². The van der Waals surface area contributed by atoms with Gasteiger partial charge < -0.3 is 14.6 Å². The van der Waals surface area contributed by atoms with E-state index in [1.807, 2.05) is 24.3 Å². The van der Waals surface area contributed by atoms with Gasteiger partial charge in [-0.3, -0.25) is 4.79 Å². The third-order valence-corrected chi connectivity index (χ3v) is 5.68.